The zero-order valence-electron chi connectivity index (χ0n) is 8.59. The maximum absolute atomic E-state index is 9.68. The number of rotatable bonds is 6. The fourth-order valence-corrected chi connectivity index (χ4v) is 1.36. The first-order valence-corrected chi connectivity index (χ1v) is 5.10. The van der Waals surface area contributed by atoms with Crippen LogP contribution in [0.25, 0.3) is 0 Å². The van der Waals surface area contributed by atoms with E-state index in [9.17, 15) is 5.11 Å². The molecule has 0 amide bonds. The Morgan fingerprint density at radius 1 is 1.25 bits per heavy atom. The van der Waals surface area contributed by atoms with E-state index in [4.69, 9.17) is 0 Å². The minimum absolute atomic E-state index is 0.136. The zero-order valence-corrected chi connectivity index (χ0v) is 8.59. The van der Waals surface area contributed by atoms with E-state index < -0.39 is 0 Å². The second kappa shape index (κ2) is 7.35. The van der Waals surface area contributed by atoms with Crippen molar-refractivity contribution < 1.29 is 5.11 Å². The molecule has 0 fully saturated rings. The maximum atomic E-state index is 9.68. The monoisotopic (exact) mass is 170 g/mol. The lowest BCUT2D eigenvalue weighted by Gasteiger charge is -2.17. The molecule has 0 aromatic carbocycles. The molecule has 0 rings (SSSR count). The summed E-state index contributed by atoms with van der Waals surface area (Å²) in [5.74, 6) is 0.366. The first-order valence-electron chi connectivity index (χ1n) is 5.10. The SMILES string of the molecule is CC/C=C/C(CC)C(O)CCC. The fraction of sp³-hybridized carbons (Fsp3) is 0.818. The molecule has 2 unspecified atom stereocenters. The summed E-state index contributed by atoms with van der Waals surface area (Å²) in [5.41, 5.74) is 0. The molecular formula is C11H22O. The number of hydrogen-bond donors (Lipinski definition) is 1. The van der Waals surface area contributed by atoms with Crippen LogP contribution in [-0.2, 0) is 0 Å². The molecule has 0 heterocycles. The van der Waals surface area contributed by atoms with Crippen molar-refractivity contribution in [3.8, 4) is 0 Å². The third kappa shape index (κ3) is 4.55. The molecule has 0 saturated heterocycles. The Morgan fingerprint density at radius 3 is 2.33 bits per heavy atom. The van der Waals surface area contributed by atoms with Crippen molar-refractivity contribution in [1.29, 1.82) is 0 Å². The summed E-state index contributed by atoms with van der Waals surface area (Å²) >= 11 is 0. The van der Waals surface area contributed by atoms with Crippen LogP contribution in [0.4, 0.5) is 0 Å². The summed E-state index contributed by atoms with van der Waals surface area (Å²) in [6.45, 7) is 6.36. The summed E-state index contributed by atoms with van der Waals surface area (Å²) in [6, 6.07) is 0. The highest BCUT2D eigenvalue weighted by molar-refractivity contribution is 4.90. The Bertz CT molecular complexity index is 118. The Hall–Kier alpha value is -0.300. The lowest BCUT2D eigenvalue weighted by molar-refractivity contribution is 0.118. The highest BCUT2D eigenvalue weighted by Gasteiger charge is 2.12. The van der Waals surface area contributed by atoms with Gasteiger partial charge in [-0.2, -0.15) is 0 Å². The molecule has 0 aliphatic heterocycles. The molecule has 0 aromatic rings. The van der Waals surface area contributed by atoms with Gasteiger partial charge < -0.3 is 5.11 Å². The van der Waals surface area contributed by atoms with Gasteiger partial charge in [0, 0.05) is 5.92 Å². The Labute approximate surface area is 76.5 Å². The average molecular weight is 170 g/mol. The van der Waals surface area contributed by atoms with Crippen LogP contribution >= 0.6 is 0 Å². The highest BCUT2D eigenvalue weighted by atomic mass is 16.3. The third-order valence-corrected chi connectivity index (χ3v) is 2.17. The van der Waals surface area contributed by atoms with E-state index in [1.54, 1.807) is 0 Å². The number of aliphatic hydroxyl groups excluding tert-OH is 1. The smallest absolute Gasteiger partial charge is 0.0602 e. The van der Waals surface area contributed by atoms with Gasteiger partial charge in [0.15, 0.2) is 0 Å². The number of hydrogen-bond acceptors (Lipinski definition) is 1. The van der Waals surface area contributed by atoms with Crippen LogP contribution in [0, 0.1) is 5.92 Å². The molecule has 0 bridgehead atoms. The molecule has 0 radical (unpaired) electrons. The van der Waals surface area contributed by atoms with Gasteiger partial charge in [-0.3, -0.25) is 0 Å². The van der Waals surface area contributed by atoms with Crippen molar-refractivity contribution in [2.45, 2.75) is 52.6 Å². The highest BCUT2D eigenvalue weighted by Crippen LogP contribution is 2.15. The van der Waals surface area contributed by atoms with Gasteiger partial charge in [0.05, 0.1) is 6.10 Å². The fourth-order valence-electron chi connectivity index (χ4n) is 1.36. The molecule has 0 aliphatic carbocycles. The van der Waals surface area contributed by atoms with E-state index >= 15 is 0 Å². The number of aliphatic hydroxyl groups is 1. The van der Waals surface area contributed by atoms with Gasteiger partial charge in [-0.1, -0.05) is 39.3 Å². The Morgan fingerprint density at radius 2 is 1.92 bits per heavy atom. The average Bonchev–Trinajstić information content (AvgIpc) is 2.06. The van der Waals surface area contributed by atoms with E-state index in [2.05, 4.69) is 32.9 Å². The zero-order chi connectivity index (χ0) is 9.40. The minimum Gasteiger partial charge on any atom is -0.393 e. The number of allylic oxidation sites excluding steroid dienone is 1. The first kappa shape index (κ1) is 11.7. The van der Waals surface area contributed by atoms with Crippen LogP contribution in [0.15, 0.2) is 12.2 Å². The van der Waals surface area contributed by atoms with Gasteiger partial charge in [0.2, 0.25) is 0 Å². The summed E-state index contributed by atoms with van der Waals surface area (Å²) in [4.78, 5) is 0. The normalized spacial score (nSPS) is 16.7. The van der Waals surface area contributed by atoms with Crippen LogP contribution in [0.5, 0.6) is 0 Å². The van der Waals surface area contributed by atoms with E-state index in [1.807, 2.05) is 0 Å². The van der Waals surface area contributed by atoms with Gasteiger partial charge in [-0.25, -0.2) is 0 Å². The maximum Gasteiger partial charge on any atom is 0.0602 e. The van der Waals surface area contributed by atoms with Crippen LogP contribution in [0.3, 0.4) is 0 Å². The summed E-state index contributed by atoms with van der Waals surface area (Å²) in [6.07, 6.45) is 8.26. The first-order chi connectivity index (χ1) is 5.76. The predicted octanol–water partition coefficient (Wildman–Crippen LogP) is 3.14. The van der Waals surface area contributed by atoms with E-state index in [1.165, 1.54) is 0 Å². The summed E-state index contributed by atoms with van der Waals surface area (Å²) in [5, 5.41) is 9.68. The summed E-state index contributed by atoms with van der Waals surface area (Å²) < 4.78 is 0. The molecule has 1 heteroatoms. The molecule has 72 valence electrons. The third-order valence-electron chi connectivity index (χ3n) is 2.17. The van der Waals surface area contributed by atoms with Crippen molar-refractivity contribution in [3.63, 3.8) is 0 Å². The molecule has 2 atom stereocenters. The molecule has 12 heavy (non-hydrogen) atoms. The Kier molecular flexibility index (Phi) is 7.17. The van der Waals surface area contributed by atoms with Crippen LogP contribution < -0.4 is 0 Å². The van der Waals surface area contributed by atoms with E-state index in [0.29, 0.717) is 5.92 Å². The van der Waals surface area contributed by atoms with Crippen molar-refractivity contribution >= 4 is 0 Å². The van der Waals surface area contributed by atoms with Crippen LogP contribution in [0.1, 0.15) is 46.5 Å². The van der Waals surface area contributed by atoms with Gasteiger partial charge in [-0.15, -0.1) is 0 Å². The molecule has 0 spiro atoms. The van der Waals surface area contributed by atoms with E-state index in [-0.39, 0.29) is 6.10 Å². The van der Waals surface area contributed by atoms with Crippen molar-refractivity contribution in [3.05, 3.63) is 12.2 Å². The predicted molar refractivity (Wildman–Crippen MR) is 54.1 cm³/mol. The van der Waals surface area contributed by atoms with Crippen molar-refractivity contribution in [2.24, 2.45) is 5.92 Å². The quantitative estimate of drug-likeness (QED) is 0.607. The topological polar surface area (TPSA) is 20.2 Å². The molecule has 1 N–H and O–H groups in total. The van der Waals surface area contributed by atoms with Crippen LogP contribution in [0.2, 0.25) is 0 Å². The molecule has 0 aliphatic rings. The standard InChI is InChI=1S/C11H22O/c1-4-7-9-10(6-3)11(12)8-5-2/h7,9-12H,4-6,8H2,1-3H3/b9-7+. The minimum atomic E-state index is -0.136. The van der Waals surface area contributed by atoms with Crippen molar-refractivity contribution in [2.75, 3.05) is 0 Å². The van der Waals surface area contributed by atoms with Gasteiger partial charge in [0.1, 0.15) is 0 Å². The largest absolute Gasteiger partial charge is 0.393 e. The van der Waals surface area contributed by atoms with Gasteiger partial charge >= 0.3 is 0 Å². The van der Waals surface area contributed by atoms with Crippen molar-refractivity contribution in [1.82, 2.24) is 0 Å². The lowest BCUT2D eigenvalue weighted by Crippen LogP contribution is -2.17. The van der Waals surface area contributed by atoms with Gasteiger partial charge in [0.25, 0.3) is 0 Å². The lowest BCUT2D eigenvalue weighted by atomic mass is 9.95. The second-order valence-electron chi connectivity index (χ2n) is 3.26. The molecule has 0 aromatic heterocycles. The van der Waals surface area contributed by atoms with E-state index in [0.717, 1.165) is 25.7 Å². The Balaban J connectivity index is 3.86. The molecule has 0 saturated carbocycles. The van der Waals surface area contributed by atoms with Crippen LogP contribution in [-0.4, -0.2) is 11.2 Å². The molecule has 1 nitrogen and oxygen atoms in total. The van der Waals surface area contributed by atoms with Gasteiger partial charge in [-0.05, 0) is 19.3 Å². The molecular weight excluding hydrogens is 148 g/mol. The second-order valence-corrected chi connectivity index (χ2v) is 3.26. The summed E-state index contributed by atoms with van der Waals surface area (Å²) in [7, 11) is 0.